The van der Waals surface area contributed by atoms with Gasteiger partial charge in [0.15, 0.2) is 0 Å². The molecule has 0 bridgehead atoms. The number of aliphatic hydroxyl groups excluding tert-OH is 1. The topological polar surface area (TPSA) is 93.9 Å². The normalized spacial score (nSPS) is 18.9. The molecule has 9 heteroatoms. The number of ether oxygens (including phenoxy) is 1. The molecule has 1 unspecified atom stereocenters. The molecule has 1 aliphatic rings. The van der Waals surface area contributed by atoms with Crippen molar-refractivity contribution in [1.29, 1.82) is 0 Å². The van der Waals surface area contributed by atoms with Crippen molar-refractivity contribution in [2.75, 3.05) is 13.2 Å². The third kappa shape index (κ3) is 4.51. The summed E-state index contributed by atoms with van der Waals surface area (Å²) in [5, 5.41) is 17.9. The quantitative estimate of drug-likeness (QED) is 0.347. The number of hydrogen-bond acceptors (Lipinski definition) is 7. The number of rotatable bonds is 7. The molecule has 196 valence electrons. The second kappa shape index (κ2) is 10.5. The average molecular weight is 518 g/mol. The van der Waals surface area contributed by atoms with E-state index in [0.717, 1.165) is 35.4 Å². The molecular formula is C29H29F2N5O2. The maximum atomic E-state index is 14.6. The number of nitrogens with zero attached hydrogens (tertiary/aromatic N) is 5. The number of fused-ring (bicyclic) bond motifs is 1. The van der Waals surface area contributed by atoms with Gasteiger partial charge in [-0.3, -0.25) is 4.98 Å². The van der Waals surface area contributed by atoms with Crippen molar-refractivity contribution in [2.45, 2.75) is 44.9 Å². The van der Waals surface area contributed by atoms with Crippen LogP contribution in [0.1, 0.15) is 56.5 Å². The molecular weight excluding hydrogens is 488 g/mol. The van der Waals surface area contributed by atoms with E-state index >= 15 is 0 Å². The summed E-state index contributed by atoms with van der Waals surface area (Å²) in [6.07, 6.45) is 6.74. The summed E-state index contributed by atoms with van der Waals surface area (Å²) in [4.78, 5) is 13.8. The fraction of sp³-hybridized carbons (Fsp3) is 0.345. The van der Waals surface area contributed by atoms with Gasteiger partial charge in [0.25, 0.3) is 0 Å². The minimum Gasteiger partial charge on any atom is -0.475 e. The van der Waals surface area contributed by atoms with Gasteiger partial charge in [0.05, 0.1) is 46.6 Å². The molecule has 38 heavy (non-hydrogen) atoms. The predicted octanol–water partition coefficient (Wildman–Crippen LogP) is 5.48. The Bertz CT molecular complexity index is 1430. The Balaban J connectivity index is 1.59. The van der Waals surface area contributed by atoms with Crippen molar-refractivity contribution in [2.24, 2.45) is 5.92 Å². The van der Waals surface area contributed by atoms with E-state index in [4.69, 9.17) is 14.8 Å². The minimum atomic E-state index is -0.669. The highest BCUT2D eigenvalue weighted by atomic mass is 19.1. The Hall–Kier alpha value is -3.85. The summed E-state index contributed by atoms with van der Waals surface area (Å²) in [5.74, 6) is -0.697. The zero-order chi connectivity index (χ0) is 26.9. The maximum Gasteiger partial charge on any atom is 0.213 e. The fourth-order valence-corrected chi connectivity index (χ4v) is 5.31. The van der Waals surface area contributed by atoms with Gasteiger partial charge < -0.3 is 9.84 Å². The molecule has 2 atom stereocenters. The number of pyridine rings is 1. The lowest BCUT2D eigenvalue weighted by Crippen LogP contribution is -2.40. The Labute approximate surface area is 220 Å². The Morgan fingerprint density at radius 2 is 1.84 bits per heavy atom. The first-order valence-corrected chi connectivity index (χ1v) is 12.7. The first-order chi connectivity index (χ1) is 18.3. The van der Waals surface area contributed by atoms with Gasteiger partial charge in [-0.05, 0) is 54.5 Å². The van der Waals surface area contributed by atoms with Gasteiger partial charge in [-0.25, -0.2) is 18.7 Å². The molecule has 3 heterocycles. The largest absolute Gasteiger partial charge is 0.475 e. The predicted molar refractivity (Wildman–Crippen MR) is 138 cm³/mol. The molecule has 4 aromatic rings. The second-order valence-electron chi connectivity index (χ2n) is 9.94. The van der Waals surface area contributed by atoms with Gasteiger partial charge in [-0.2, -0.15) is 5.10 Å². The summed E-state index contributed by atoms with van der Waals surface area (Å²) in [6.45, 7) is 6.42. The van der Waals surface area contributed by atoms with Crippen molar-refractivity contribution in [3.63, 3.8) is 0 Å². The summed E-state index contributed by atoms with van der Waals surface area (Å²) >= 11 is 0. The van der Waals surface area contributed by atoms with Crippen molar-refractivity contribution in [1.82, 2.24) is 25.1 Å². The molecule has 0 fully saturated rings. The van der Waals surface area contributed by atoms with Crippen molar-refractivity contribution < 1.29 is 18.6 Å². The van der Waals surface area contributed by atoms with Crippen LogP contribution in [0.15, 0.2) is 55.0 Å². The van der Waals surface area contributed by atoms with Crippen LogP contribution in [0, 0.1) is 17.6 Å². The van der Waals surface area contributed by atoms with Crippen molar-refractivity contribution in [3.05, 3.63) is 83.6 Å². The molecule has 0 saturated carbocycles. The molecule has 1 aromatic carbocycles. The number of halogens is 2. The minimum absolute atomic E-state index is 0.0893. The van der Waals surface area contributed by atoms with Gasteiger partial charge in [-0.15, -0.1) is 5.10 Å². The molecule has 0 aliphatic heterocycles. The lowest BCUT2D eigenvalue weighted by molar-refractivity contribution is 0.196. The van der Waals surface area contributed by atoms with Crippen LogP contribution in [-0.4, -0.2) is 43.5 Å². The van der Waals surface area contributed by atoms with Gasteiger partial charge in [0.1, 0.15) is 18.2 Å². The number of hydrogen-bond donors (Lipinski definition) is 1. The molecule has 0 spiro atoms. The van der Waals surface area contributed by atoms with E-state index in [1.165, 1.54) is 18.2 Å². The van der Waals surface area contributed by atoms with Crippen molar-refractivity contribution in [3.8, 4) is 28.4 Å². The molecule has 0 saturated heterocycles. The maximum absolute atomic E-state index is 14.6. The zero-order valence-corrected chi connectivity index (χ0v) is 21.5. The molecule has 5 rings (SSSR count). The Morgan fingerprint density at radius 1 is 1.05 bits per heavy atom. The van der Waals surface area contributed by atoms with Gasteiger partial charge in [0, 0.05) is 24.0 Å². The van der Waals surface area contributed by atoms with E-state index in [9.17, 15) is 8.78 Å². The lowest BCUT2D eigenvalue weighted by atomic mass is 9.62. The Kier molecular flexibility index (Phi) is 7.12. The van der Waals surface area contributed by atoms with Gasteiger partial charge in [-0.1, -0.05) is 26.8 Å². The molecule has 0 radical (unpaired) electrons. The third-order valence-corrected chi connectivity index (χ3v) is 7.42. The summed E-state index contributed by atoms with van der Waals surface area (Å²) in [6, 6.07) is 9.14. The summed E-state index contributed by atoms with van der Waals surface area (Å²) in [5.41, 5.74) is 3.30. The summed E-state index contributed by atoms with van der Waals surface area (Å²) < 4.78 is 34.5. The molecule has 3 aromatic heterocycles. The van der Waals surface area contributed by atoms with Crippen LogP contribution >= 0.6 is 0 Å². The van der Waals surface area contributed by atoms with Crippen LogP contribution in [-0.2, 0) is 5.41 Å². The number of aliphatic hydroxyl groups is 1. The SMILES string of the molecule is CC(C)C1(c2cncc(-c3ccc(OCCO)nc3)n2)CC[C@H](C)c2cc(-c3c(F)cccc3F)nnc21. The monoisotopic (exact) mass is 517 g/mol. The molecule has 0 amide bonds. The van der Waals surface area contributed by atoms with Gasteiger partial charge in [0.2, 0.25) is 5.88 Å². The average Bonchev–Trinajstić information content (AvgIpc) is 2.92. The van der Waals surface area contributed by atoms with Gasteiger partial charge >= 0.3 is 0 Å². The van der Waals surface area contributed by atoms with Crippen molar-refractivity contribution >= 4 is 0 Å². The number of aromatic nitrogens is 5. The van der Waals surface area contributed by atoms with Crippen LogP contribution < -0.4 is 4.74 Å². The highest BCUT2D eigenvalue weighted by Crippen LogP contribution is 2.50. The zero-order valence-electron chi connectivity index (χ0n) is 21.5. The standard InChI is InChI=1S/C29H29F2N5O2/c1-17(2)29(25-16-32-15-24(34-25)19-7-8-26(33-14-19)38-12-11-37)10-9-18(3)20-13-23(35-36-28(20)29)27-21(30)5-4-6-22(27)31/h4-8,13-18,37H,9-12H2,1-3H3/t18-,29?/m0/s1. The van der Waals surface area contributed by atoms with Crippen LogP contribution in [0.2, 0.25) is 0 Å². The van der Waals surface area contributed by atoms with Crippen LogP contribution in [0.3, 0.4) is 0 Å². The van der Waals surface area contributed by atoms with E-state index in [1.807, 2.05) is 6.07 Å². The Morgan fingerprint density at radius 3 is 2.53 bits per heavy atom. The van der Waals surface area contributed by atoms with E-state index in [2.05, 4.69) is 40.9 Å². The first-order valence-electron chi connectivity index (χ1n) is 12.7. The number of benzene rings is 1. The highest BCUT2D eigenvalue weighted by molar-refractivity contribution is 5.63. The highest BCUT2D eigenvalue weighted by Gasteiger charge is 2.46. The second-order valence-corrected chi connectivity index (χ2v) is 9.94. The van der Waals surface area contributed by atoms with E-state index in [-0.39, 0.29) is 36.3 Å². The van der Waals surface area contributed by atoms with Crippen LogP contribution in [0.5, 0.6) is 5.88 Å². The van der Waals surface area contributed by atoms with Crippen LogP contribution in [0.25, 0.3) is 22.5 Å². The smallest absolute Gasteiger partial charge is 0.213 e. The van der Waals surface area contributed by atoms with E-state index in [1.54, 1.807) is 30.7 Å². The third-order valence-electron chi connectivity index (χ3n) is 7.42. The lowest BCUT2D eigenvalue weighted by Gasteiger charge is -2.42. The molecule has 1 N–H and O–H groups in total. The molecule has 1 aliphatic carbocycles. The summed E-state index contributed by atoms with van der Waals surface area (Å²) in [7, 11) is 0. The van der Waals surface area contributed by atoms with Crippen LogP contribution in [0.4, 0.5) is 8.78 Å². The first kappa shape index (κ1) is 25.8. The van der Waals surface area contributed by atoms with E-state index in [0.29, 0.717) is 11.6 Å². The fourth-order valence-electron chi connectivity index (χ4n) is 5.31. The molecule has 7 nitrogen and oxygen atoms in total. The van der Waals surface area contributed by atoms with E-state index < -0.39 is 17.0 Å².